The van der Waals surface area contributed by atoms with E-state index >= 15 is 0 Å². The van der Waals surface area contributed by atoms with Gasteiger partial charge in [-0.2, -0.15) is 0 Å². The highest BCUT2D eigenvalue weighted by Crippen LogP contribution is 2.26. The molecule has 2 aliphatic heterocycles. The number of aryl methyl sites for hydroxylation is 1. The Morgan fingerprint density at radius 2 is 2.07 bits per heavy atom. The van der Waals surface area contributed by atoms with Gasteiger partial charge in [-0.25, -0.2) is 0 Å². The molecular formula is C23H32N4OS. The van der Waals surface area contributed by atoms with Crippen LogP contribution in [0.4, 0.5) is 0 Å². The van der Waals surface area contributed by atoms with Gasteiger partial charge in [0.25, 0.3) is 0 Å². The third-order valence-corrected chi connectivity index (χ3v) is 7.25. The maximum absolute atomic E-state index is 12.7. The molecule has 0 radical (unpaired) electrons. The first-order valence-electron chi connectivity index (χ1n) is 10.9. The number of hydrogen-bond donors (Lipinski definition) is 1. The lowest BCUT2D eigenvalue weighted by molar-refractivity contribution is -0.127. The van der Waals surface area contributed by atoms with E-state index in [1.807, 2.05) is 29.7 Å². The number of hydrogen-bond acceptors (Lipinski definition) is 5. The summed E-state index contributed by atoms with van der Waals surface area (Å²) in [6, 6.07) is 9.04. The minimum Gasteiger partial charge on any atom is -0.352 e. The summed E-state index contributed by atoms with van der Waals surface area (Å²) in [5, 5.41) is 3.12. The Morgan fingerprint density at radius 3 is 2.79 bits per heavy atom. The molecule has 2 aliphatic rings. The largest absolute Gasteiger partial charge is 0.352 e. The fraction of sp³-hybridized carbons (Fsp3) is 0.565. The molecule has 1 atom stereocenters. The molecule has 156 valence electrons. The summed E-state index contributed by atoms with van der Waals surface area (Å²) in [5.74, 6) is 0.316. The molecule has 2 aromatic rings. The van der Waals surface area contributed by atoms with E-state index in [-0.39, 0.29) is 11.8 Å². The van der Waals surface area contributed by atoms with Crippen molar-refractivity contribution in [1.82, 2.24) is 20.1 Å². The average Bonchev–Trinajstić information content (AvgIpc) is 3.18. The molecule has 2 fully saturated rings. The average molecular weight is 413 g/mol. The summed E-state index contributed by atoms with van der Waals surface area (Å²) in [6.45, 7) is 8.22. The van der Waals surface area contributed by atoms with E-state index in [0.717, 1.165) is 51.1 Å². The van der Waals surface area contributed by atoms with Crippen molar-refractivity contribution in [1.29, 1.82) is 0 Å². The highest BCUT2D eigenvalue weighted by molar-refractivity contribution is 7.11. The van der Waals surface area contributed by atoms with Crippen molar-refractivity contribution in [3.63, 3.8) is 0 Å². The molecular weight excluding hydrogens is 380 g/mol. The van der Waals surface area contributed by atoms with E-state index < -0.39 is 0 Å². The number of likely N-dealkylation sites (tertiary alicyclic amines) is 2. The lowest BCUT2D eigenvalue weighted by atomic mass is 9.93. The summed E-state index contributed by atoms with van der Waals surface area (Å²) >= 11 is 1.92. The van der Waals surface area contributed by atoms with Crippen LogP contribution in [0.1, 0.15) is 41.0 Å². The van der Waals surface area contributed by atoms with Crippen LogP contribution in [-0.4, -0.2) is 52.9 Å². The Kier molecular flexibility index (Phi) is 6.95. The van der Waals surface area contributed by atoms with E-state index in [9.17, 15) is 4.79 Å². The summed E-state index contributed by atoms with van der Waals surface area (Å²) in [6.07, 6.45) is 8.14. The molecule has 2 aromatic heterocycles. The van der Waals surface area contributed by atoms with E-state index in [1.54, 1.807) is 6.20 Å². The zero-order chi connectivity index (χ0) is 20.1. The maximum Gasteiger partial charge on any atom is 0.224 e. The van der Waals surface area contributed by atoms with Gasteiger partial charge in [-0.3, -0.25) is 19.6 Å². The number of piperidine rings is 2. The molecule has 1 N–H and O–H groups in total. The summed E-state index contributed by atoms with van der Waals surface area (Å²) in [4.78, 5) is 24.9. The lowest BCUT2D eigenvalue weighted by Gasteiger charge is -2.42. The van der Waals surface area contributed by atoms with Crippen molar-refractivity contribution >= 4 is 17.2 Å². The summed E-state index contributed by atoms with van der Waals surface area (Å²) in [7, 11) is 0. The number of carbonyl (C=O) groups excluding carboxylic acids is 1. The first-order chi connectivity index (χ1) is 14.2. The van der Waals surface area contributed by atoms with E-state index in [4.69, 9.17) is 0 Å². The third kappa shape index (κ3) is 5.65. The maximum atomic E-state index is 12.7. The van der Waals surface area contributed by atoms with Crippen LogP contribution >= 0.6 is 11.3 Å². The molecule has 1 amide bonds. The van der Waals surface area contributed by atoms with Crippen LogP contribution in [0.15, 0.2) is 36.7 Å². The zero-order valence-corrected chi connectivity index (χ0v) is 18.2. The molecule has 0 spiro atoms. The number of pyridine rings is 1. The summed E-state index contributed by atoms with van der Waals surface area (Å²) < 4.78 is 0. The Bertz CT molecular complexity index is 785. The highest BCUT2D eigenvalue weighted by Gasteiger charge is 2.31. The van der Waals surface area contributed by atoms with E-state index in [0.29, 0.717) is 12.6 Å². The Hall–Kier alpha value is -1.76. The number of thiophene rings is 1. The Balaban J connectivity index is 1.23. The van der Waals surface area contributed by atoms with E-state index in [1.165, 1.54) is 22.6 Å². The van der Waals surface area contributed by atoms with Gasteiger partial charge in [0.2, 0.25) is 5.91 Å². The van der Waals surface area contributed by atoms with Crippen molar-refractivity contribution in [2.45, 2.75) is 51.7 Å². The third-order valence-electron chi connectivity index (χ3n) is 6.26. The molecule has 5 nitrogen and oxygen atoms in total. The predicted octanol–water partition coefficient (Wildman–Crippen LogP) is 3.44. The molecule has 0 bridgehead atoms. The minimum absolute atomic E-state index is 0.118. The monoisotopic (exact) mass is 412 g/mol. The second-order valence-corrected chi connectivity index (χ2v) is 9.81. The molecule has 29 heavy (non-hydrogen) atoms. The fourth-order valence-electron chi connectivity index (χ4n) is 4.62. The SMILES string of the molecule is Cc1ccc(CN2CCC(N3CCC[C@@H](C(=O)NCc4cccnc4)C3)CC2)s1. The van der Waals surface area contributed by atoms with Gasteiger partial charge in [-0.1, -0.05) is 6.07 Å². The Labute approximate surface area is 178 Å². The topological polar surface area (TPSA) is 48.5 Å². The van der Waals surface area contributed by atoms with Crippen molar-refractivity contribution in [3.8, 4) is 0 Å². The van der Waals surface area contributed by atoms with Gasteiger partial charge in [0.1, 0.15) is 0 Å². The van der Waals surface area contributed by atoms with Crippen LogP contribution in [0.3, 0.4) is 0 Å². The predicted molar refractivity (Wildman–Crippen MR) is 118 cm³/mol. The smallest absolute Gasteiger partial charge is 0.224 e. The minimum atomic E-state index is 0.118. The van der Waals surface area contributed by atoms with Crippen molar-refractivity contribution in [3.05, 3.63) is 52.0 Å². The first kappa shape index (κ1) is 20.5. The van der Waals surface area contributed by atoms with Crippen LogP contribution < -0.4 is 5.32 Å². The molecule has 4 heterocycles. The van der Waals surface area contributed by atoms with Gasteiger partial charge in [-0.05, 0) is 62.9 Å². The van der Waals surface area contributed by atoms with Crippen LogP contribution in [0.5, 0.6) is 0 Å². The molecule has 6 heteroatoms. The highest BCUT2D eigenvalue weighted by atomic mass is 32.1. The van der Waals surface area contributed by atoms with E-state index in [2.05, 4.69) is 39.2 Å². The quantitative estimate of drug-likeness (QED) is 0.790. The van der Waals surface area contributed by atoms with Gasteiger partial charge >= 0.3 is 0 Å². The fourth-order valence-corrected chi connectivity index (χ4v) is 5.55. The van der Waals surface area contributed by atoms with Gasteiger partial charge in [0.15, 0.2) is 0 Å². The lowest BCUT2D eigenvalue weighted by Crippen LogP contribution is -2.50. The molecule has 4 rings (SSSR count). The van der Waals surface area contributed by atoms with Crippen LogP contribution in [-0.2, 0) is 17.9 Å². The molecule has 0 saturated carbocycles. The number of nitrogens with zero attached hydrogens (tertiary/aromatic N) is 3. The molecule has 0 aromatic carbocycles. The second-order valence-electron chi connectivity index (χ2n) is 8.43. The Morgan fingerprint density at radius 1 is 1.21 bits per heavy atom. The molecule has 0 unspecified atom stereocenters. The van der Waals surface area contributed by atoms with Gasteiger partial charge in [0.05, 0.1) is 5.92 Å². The zero-order valence-electron chi connectivity index (χ0n) is 17.3. The molecule has 0 aliphatic carbocycles. The molecule has 2 saturated heterocycles. The number of nitrogens with one attached hydrogen (secondary N) is 1. The van der Waals surface area contributed by atoms with Crippen LogP contribution in [0.2, 0.25) is 0 Å². The normalized spacial score (nSPS) is 21.9. The van der Waals surface area contributed by atoms with Gasteiger partial charge in [-0.15, -0.1) is 11.3 Å². The number of carbonyl (C=O) groups is 1. The second kappa shape index (κ2) is 9.83. The number of amides is 1. The van der Waals surface area contributed by atoms with Crippen LogP contribution in [0, 0.1) is 12.8 Å². The van der Waals surface area contributed by atoms with Gasteiger partial charge in [0, 0.05) is 60.9 Å². The van der Waals surface area contributed by atoms with Gasteiger partial charge < -0.3 is 5.32 Å². The van der Waals surface area contributed by atoms with Crippen molar-refractivity contribution < 1.29 is 4.79 Å². The van der Waals surface area contributed by atoms with Crippen molar-refractivity contribution in [2.24, 2.45) is 5.92 Å². The summed E-state index contributed by atoms with van der Waals surface area (Å²) in [5.41, 5.74) is 1.06. The standard InChI is InChI=1S/C23H32N4OS/c1-18-6-7-22(29-18)17-26-12-8-21(9-13-26)27-11-3-5-20(16-27)23(28)25-15-19-4-2-10-24-14-19/h2,4,6-7,10,14,20-21H,3,5,8-9,11-13,15-17H2,1H3,(H,25,28)/t20-/m1/s1. The number of aromatic nitrogens is 1. The van der Waals surface area contributed by atoms with Crippen LogP contribution in [0.25, 0.3) is 0 Å². The number of rotatable bonds is 6. The van der Waals surface area contributed by atoms with Crippen molar-refractivity contribution in [2.75, 3.05) is 26.2 Å². The first-order valence-corrected chi connectivity index (χ1v) is 11.7.